The SMILES string of the molecule is O=C1c2c(O)c(=O)cnn2[C@@H](C(c2cccc(F)c2)c2cccc(F)c2)N2CCCN12. The molecule has 2 aliphatic rings. The molecule has 0 aliphatic carbocycles. The first-order valence-electron chi connectivity index (χ1n) is 9.86. The summed E-state index contributed by atoms with van der Waals surface area (Å²) in [4.78, 5) is 25.1. The fourth-order valence-corrected chi connectivity index (χ4v) is 4.48. The zero-order valence-corrected chi connectivity index (χ0v) is 16.3. The minimum Gasteiger partial charge on any atom is -0.502 e. The summed E-state index contributed by atoms with van der Waals surface area (Å²) in [6.45, 7) is 0.905. The topological polar surface area (TPSA) is 78.7 Å². The molecule has 0 unspecified atom stereocenters. The lowest BCUT2D eigenvalue weighted by Gasteiger charge is -2.44. The first-order chi connectivity index (χ1) is 15.0. The second kappa shape index (κ2) is 7.28. The Hall–Kier alpha value is -3.59. The molecule has 0 saturated carbocycles. The van der Waals surface area contributed by atoms with Gasteiger partial charge in [0.1, 0.15) is 17.8 Å². The summed E-state index contributed by atoms with van der Waals surface area (Å²) in [5, 5.41) is 17.8. The van der Waals surface area contributed by atoms with Gasteiger partial charge in [0.25, 0.3) is 5.91 Å². The smallest absolute Gasteiger partial charge is 0.290 e. The summed E-state index contributed by atoms with van der Waals surface area (Å²) in [7, 11) is 0. The molecular formula is C22H18F2N4O3. The minimum absolute atomic E-state index is 0.228. The Balaban J connectivity index is 1.79. The van der Waals surface area contributed by atoms with Crippen LogP contribution in [0.25, 0.3) is 0 Å². The van der Waals surface area contributed by atoms with Gasteiger partial charge < -0.3 is 5.11 Å². The number of fused-ring (bicyclic) bond motifs is 2. The van der Waals surface area contributed by atoms with E-state index < -0.39 is 40.8 Å². The van der Waals surface area contributed by atoms with Gasteiger partial charge in [-0.25, -0.2) is 13.5 Å². The number of amides is 1. The molecule has 5 rings (SSSR count). The molecule has 158 valence electrons. The monoisotopic (exact) mass is 424 g/mol. The van der Waals surface area contributed by atoms with E-state index in [-0.39, 0.29) is 5.69 Å². The maximum Gasteiger partial charge on any atom is 0.290 e. The number of rotatable bonds is 3. The number of aromatic nitrogens is 2. The van der Waals surface area contributed by atoms with E-state index in [9.17, 15) is 23.5 Å². The van der Waals surface area contributed by atoms with E-state index in [1.165, 1.54) is 34.0 Å². The number of carbonyl (C=O) groups is 1. The lowest BCUT2D eigenvalue weighted by Crippen LogP contribution is -2.54. The largest absolute Gasteiger partial charge is 0.502 e. The summed E-state index contributed by atoms with van der Waals surface area (Å²) in [6.07, 6.45) is 0.880. The third-order valence-corrected chi connectivity index (χ3v) is 5.76. The predicted molar refractivity (Wildman–Crippen MR) is 106 cm³/mol. The highest BCUT2D eigenvalue weighted by atomic mass is 19.1. The Morgan fingerprint density at radius 2 is 1.65 bits per heavy atom. The fourth-order valence-electron chi connectivity index (χ4n) is 4.48. The van der Waals surface area contributed by atoms with Crippen LogP contribution >= 0.6 is 0 Å². The number of halogens is 2. The lowest BCUT2D eigenvalue weighted by atomic mass is 9.87. The summed E-state index contributed by atoms with van der Waals surface area (Å²) in [5.41, 5.74) is 0.0954. The second-order valence-corrected chi connectivity index (χ2v) is 7.60. The normalized spacial score (nSPS) is 18.4. The van der Waals surface area contributed by atoms with E-state index >= 15 is 0 Å². The van der Waals surface area contributed by atoms with Crippen LogP contribution in [-0.4, -0.2) is 43.9 Å². The van der Waals surface area contributed by atoms with Gasteiger partial charge in [-0.05, 0) is 41.8 Å². The number of hydrazine groups is 1. The summed E-state index contributed by atoms with van der Waals surface area (Å²) >= 11 is 0. The highest BCUT2D eigenvalue weighted by Crippen LogP contribution is 2.43. The number of hydrogen-bond donors (Lipinski definition) is 1. The van der Waals surface area contributed by atoms with Crippen LogP contribution in [0.3, 0.4) is 0 Å². The van der Waals surface area contributed by atoms with Crippen LogP contribution < -0.4 is 5.43 Å². The average Bonchev–Trinajstić information content (AvgIpc) is 3.23. The molecule has 7 nitrogen and oxygen atoms in total. The van der Waals surface area contributed by atoms with Crippen LogP contribution in [0.4, 0.5) is 8.78 Å². The van der Waals surface area contributed by atoms with Crippen LogP contribution in [-0.2, 0) is 0 Å². The molecule has 3 aromatic rings. The van der Waals surface area contributed by atoms with Crippen molar-refractivity contribution in [3.8, 4) is 5.75 Å². The summed E-state index contributed by atoms with van der Waals surface area (Å²) in [5.74, 6) is -2.78. The van der Waals surface area contributed by atoms with E-state index in [4.69, 9.17) is 0 Å². The van der Waals surface area contributed by atoms with E-state index in [0.29, 0.717) is 30.6 Å². The van der Waals surface area contributed by atoms with Crippen molar-refractivity contribution in [1.82, 2.24) is 19.8 Å². The Kier molecular flexibility index (Phi) is 4.55. The molecule has 1 amide bonds. The molecule has 0 bridgehead atoms. The molecule has 9 heteroatoms. The van der Waals surface area contributed by atoms with Crippen molar-refractivity contribution in [2.24, 2.45) is 0 Å². The Labute approximate surface area is 175 Å². The molecule has 0 radical (unpaired) electrons. The van der Waals surface area contributed by atoms with Gasteiger partial charge in [0.15, 0.2) is 11.4 Å². The Bertz CT molecular complexity index is 1200. The molecule has 1 atom stereocenters. The van der Waals surface area contributed by atoms with Crippen molar-refractivity contribution in [2.75, 3.05) is 13.1 Å². The number of nitrogens with zero attached hydrogens (tertiary/aromatic N) is 4. The van der Waals surface area contributed by atoms with Crippen molar-refractivity contribution in [3.05, 3.63) is 93.4 Å². The predicted octanol–water partition coefficient (Wildman–Crippen LogP) is 2.63. The third kappa shape index (κ3) is 3.09. The number of aromatic hydroxyl groups is 1. The maximum atomic E-state index is 14.2. The van der Waals surface area contributed by atoms with Gasteiger partial charge in [0.05, 0.1) is 6.20 Å². The highest BCUT2D eigenvalue weighted by molar-refractivity contribution is 5.95. The number of carbonyl (C=O) groups excluding carboxylic acids is 1. The van der Waals surface area contributed by atoms with E-state index in [1.807, 2.05) is 0 Å². The molecule has 1 saturated heterocycles. The molecular weight excluding hydrogens is 406 g/mol. The Morgan fingerprint density at radius 1 is 1.00 bits per heavy atom. The van der Waals surface area contributed by atoms with E-state index in [2.05, 4.69) is 5.10 Å². The standard InChI is InChI=1S/C22H18F2N4O3/c23-15-6-1-4-13(10-15)18(14-5-2-7-16(24)11-14)21-26-8-3-9-27(26)22(31)19-20(30)17(29)12-25-28(19)21/h1-2,4-7,10-12,18,21,30H,3,8-9H2/t21-/m0/s1. The quantitative estimate of drug-likeness (QED) is 0.700. The zero-order valence-electron chi connectivity index (χ0n) is 16.3. The van der Waals surface area contributed by atoms with Crippen molar-refractivity contribution < 1.29 is 18.7 Å². The van der Waals surface area contributed by atoms with Gasteiger partial charge in [-0.15, -0.1) is 0 Å². The van der Waals surface area contributed by atoms with Gasteiger partial charge in [-0.3, -0.25) is 14.6 Å². The summed E-state index contributed by atoms with van der Waals surface area (Å²) < 4.78 is 29.6. The molecule has 2 aliphatic heterocycles. The van der Waals surface area contributed by atoms with Crippen LogP contribution in [0.5, 0.6) is 5.75 Å². The maximum absolute atomic E-state index is 14.2. The first-order valence-corrected chi connectivity index (χ1v) is 9.86. The van der Waals surface area contributed by atoms with Crippen molar-refractivity contribution in [1.29, 1.82) is 0 Å². The van der Waals surface area contributed by atoms with Crippen molar-refractivity contribution in [2.45, 2.75) is 18.5 Å². The Morgan fingerprint density at radius 3 is 2.26 bits per heavy atom. The molecule has 3 heterocycles. The highest BCUT2D eigenvalue weighted by Gasteiger charge is 2.46. The first kappa shape index (κ1) is 19.4. The van der Waals surface area contributed by atoms with Crippen LogP contribution in [0.1, 0.15) is 40.1 Å². The van der Waals surface area contributed by atoms with Crippen molar-refractivity contribution >= 4 is 5.91 Å². The van der Waals surface area contributed by atoms with Gasteiger partial charge >= 0.3 is 0 Å². The van der Waals surface area contributed by atoms with Crippen molar-refractivity contribution in [3.63, 3.8) is 0 Å². The third-order valence-electron chi connectivity index (χ3n) is 5.76. The van der Waals surface area contributed by atoms with E-state index in [1.54, 1.807) is 29.3 Å². The average molecular weight is 424 g/mol. The minimum atomic E-state index is -0.765. The molecule has 0 spiro atoms. The molecule has 2 aromatic carbocycles. The van der Waals surface area contributed by atoms with Crippen LogP contribution in [0.15, 0.2) is 59.5 Å². The second-order valence-electron chi connectivity index (χ2n) is 7.60. The number of hydrogen-bond acceptors (Lipinski definition) is 5. The van der Waals surface area contributed by atoms with Gasteiger partial charge in [-0.2, -0.15) is 10.1 Å². The molecule has 1 N–H and O–H groups in total. The molecule has 1 fully saturated rings. The fraction of sp³-hybridized carbons (Fsp3) is 0.227. The van der Waals surface area contributed by atoms with E-state index in [0.717, 1.165) is 6.20 Å². The number of benzene rings is 2. The van der Waals surface area contributed by atoms with Gasteiger partial charge in [0, 0.05) is 19.0 Å². The zero-order chi connectivity index (χ0) is 21.7. The van der Waals surface area contributed by atoms with Gasteiger partial charge in [-0.1, -0.05) is 24.3 Å². The lowest BCUT2D eigenvalue weighted by molar-refractivity contribution is -0.0542. The molecule has 31 heavy (non-hydrogen) atoms. The molecule has 1 aromatic heterocycles. The van der Waals surface area contributed by atoms with Crippen LogP contribution in [0.2, 0.25) is 0 Å². The van der Waals surface area contributed by atoms with Crippen LogP contribution in [0, 0.1) is 11.6 Å². The van der Waals surface area contributed by atoms with Gasteiger partial charge in [0.2, 0.25) is 5.43 Å². The summed E-state index contributed by atoms with van der Waals surface area (Å²) in [6, 6.07) is 11.9.